The highest BCUT2D eigenvalue weighted by Gasteiger charge is 2.05. The summed E-state index contributed by atoms with van der Waals surface area (Å²) in [5, 5.41) is 3.07. The SMILES string of the molecule is CCCCCCCCc1ccc2oc(NCCN)nc2c1.Cl. The predicted octanol–water partition coefficient (Wildman–Crippen LogP) is 4.52. The first kappa shape index (κ1) is 18.8. The Hall–Kier alpha value is -1.26. The largest absolute Gasteiger partial charge is 0.424 e. The molecule has 0 radical (unpaired) electrons. The molecule has 0 bridgehead atoms. The van der Waals surface area contributed by atoms with Gasteiger partial charge in [0.1, 0.15) is 5.52 Å². The van der Waals surface area contributed by atoms with Crippen molar-refractivity contribution in [1.29, 1.82) is 0 Å². The van der Waals surface area contributed by atoms with Gasteiger partial charge in [-0.2, -0.15) is 4.98 Å². The lowest BCUT2D eigenvalue weighted by atomic mass is 10.0. The molecule has 0 spiro atoms. The van der Waals surface area contributed by atoms with E-state index in [0.717, 1.165) is 17.5 Å². The summed E-state index contributed by atoms with van der Waals surface area (Å²) in [5.74, 6) is 0. The van der Waals surface area contributed by atoms with Gasteiger partial charge in [0.2, 0.25) is 0 Å². The van der Waals surface area contributed by atoms with Crippen molar-refractivity contribution in [2.45, 2.75) is 51.9 Å². The van der Waals surface area contributed by atoms with E-state index in [1.54, 1.807) is 0 Å². The smallest absolute Gasteiger partial charge is 0.295 e. The Morgan fingerprint density at radius 3 is 2.68 bits per heavy atom. The van der Waals surface area contributed by atoms with Crippen molar-refractivity contribution in [2.75, 3.05) is 18.4 Å². The summed E-state index contributed by atoms with van der Waals surface area (Å²) in [6, 6.07) is 6.86. The first-order chi connectivity index (χ1) is 10.3. The number of unbranched alkanes of at least 4 members (excludes halogenated alkanes) is 5. The van der Waals surface area contributed by atoms with Gasteiger partial charge in [-0.15, -0.1) is 12.4 Å². The Balaban J connectivity index is 0.00000242. The number of aromatic nitrogens is 1. The third-order valence-corrected chi connectivity index (χ3v) is 3.69. The molecule has 0 aliphatic heterocycles. The van der Waals surface area contributed by atoms with Crippen LogP contribution < -0.4 is 11.1 Å². The number of hydrogen-bond acceptors (Lipinski definition) is 4. The molecule has 2 aromatic rings. The summed E-state index contributed by atoms with van der Waals surface area (Å²) in [5.41, 5.74) is 8.57. The van der Waals surface area contributed by atoms with Gasteiger partial charge in [-0.1, -0.05) is 45.1 Å². The molecule has 0 amide bonds. The van der Waals surface area contributed by atoms with Gasteiger partial charge >= 0.3 is 0 Å². The van der Waals surface area contributed by atoms with E-state index in [1.807, 2.05) is 6.07 Å². The molecule has 1 aromatic carbocycles. The minimum atomic E-state index is 0. The standard InChI is InChI=1S/C17H27N3O.ClH/c1-2-3-4-5-6-7-8-14-9-10-16-15(13-14)20-17(21-16)19-12-11-18;/h9-10,13H,2-8,11-12,18H2,1H3,(H,19,20);1H. The molecule has 0 saturated heterocycles. The van der Waals surface area contributed by atoms with Gasteiger partial charge in [-0.05, 0) is 30.5 Å². The van der Waals surface area contributed by atoms with Crippen LogP contribution in [0.2, 0.25) is 0 Å². The normalized spacial score (nSPS) is 10.6. The summed E-state index contributed by atoms with van der Waals surface area (Å²) in [4.78, 5) is 4.45. The molecule has 1 heterocycles. The second-order valence-electron chi connectivity index (χ2n) is 5.55. The summed E-state index contributed by atoms with van der Waals surface area (Å²) in [6.07, 6.45) is 9.10. The van der Waals surface area contributed by atoms with Gasteiger partial charge in [-0.3, -0.25) is 0 Å². The number of nitrogens with zero attached hydrogens (tertiary/aromatic N) is 1. The van der Waals surface area contributed by atoms with Crippen molar-refractivity contribution in [3.05, 3.63) is 23.8 Å². The van der Waals surface area contributed by atoms with Gasteiger partial charge < -0.3 is 15.5 Å². The van der Waals surface area contributed by atoms with E-state index < -0.39 is 0 Å². The first-order valence-corrected chi connectivity index (χ1v) is 8.17. The quantitative estimate of drug-likeness (QED) is 0.630. The van der Waals surface area contributed by atoms with Crippen LogP contribution in [-0.4, -0.2) is 18.1 Å². The lowest BCUT2D eigenvalue weighted by Crippen LogP contribution is -2.13. The molecular formula is C17H28ClN3O. The molecule has 0 unspecified atom stereocenters. The number of nitrogens with two attached hydrogens (primary N) is 1. The molecule has 5 heteroatoms. The molecule has 124 valence electrons. The fourth-order valence-electron chi connectivity index (χ4n) is 2.49. The monoisotopic (exact) mass is 325 g/mol. The van der Waals surface area contributed by atoms with Crippen LogP contribution in [-0.2, 0) is 6.42 Å². The Morgan fingerprint density at radius 1 is 1.14 bits per heavy atom. The zero-order chi connectivity index (χ0) is 14.9. The minimum Gasteiger partial charge on any atom is -0.424 e. The second-order valence-corrected chi connectivity index (χ2v) is 5.55. The number of hydrogen-bond donors (Lipinski definition) is 2. The van der Waals surface area contributed by atoms with E-state index in [4.69, 9.17) is 10.2 Å². The third kappa shape index (κ3) is 5.85. The first-order valence-electron chi connectivity index (χ1n) is 8.17. The van der Waals surface area contributed by atoms with Crippen LogP contribution in [0.15, 0.2) is 22.6 Å². The number of benzene rings is 1. The van der Waals surface area contributed by atoms with Gasteiger partial charge in [0, 0.05) is 13.1 Å². The van der Waals surface area contributed by atoms with Crippen LogP contribution in [0.5, 0.6) is 0 Å². The molecule has 1 aromatic heterocycles. The maximum absolute atomic E-state index is 5.62. The number of nitrogens with one attached hydrogen (secondary N) is 1. The van der Waals surface area contributed by atoms with E-state index in [9.17, 15) is 0 Å². The molecule has 3 N–H and O–H groups in total. The zero-order valence-electron chi connectivity index (χ0n) is 13.4. The molecule has 0 atom stereocenters. The summed E-state index contributed by atoms with van der Waals surface area (Å²) in [7, 11) is 0. The Kier molecular flexibility index (Phi) is 8.94. The van der Waals surface area contributed by atoms with Crippen LogP contribution in [0.4, 0.5) is 6.01 Å². The van der Waals surface area contributed by atoms with Gasteiger partial charge in [0.05, 0.1) is 0 Å². The Morgan fingerprint density at radius 2 is 1.91 bits per heavy atom. The summed E-state index contributed by atoms with van der Waals surface area (Å²) >= 11 is 0. The van der Waals surface area contributed by atoms with Crippen molar-refractivity contribution >= 4 is 29.5 Å². The fraction of sp³-hybridized carbons (Fsp3) is 0.588. The van der Waals surface area contributed by atoms with Crippen LogP contribution in [0, 0.1) is 0 Å². The van der Waals surface area contributed by atoms with Crippen molar-refractivity contribution in [3.8, 4) is 0 Å². The van der Waals surface area contributed by atoms with Crippen LogP contribution in [0.3, 0.4) is 0 Å². The molecule has 2 rings (SSSR count). The predicted molar refractivity (Wildman–Crippen MR) is 95.9 cm³/mol. The van der Waals surface area contributed by atoms with Crippen LogP contribution in [0.1, 0.15) is 51.0 Å². The van der Waals surface area contributed by atoms with E-state index in [2.05, 4.69) is 29.4 Å². The maximum atomic E-state index is 5.62. The molecule has 0 aliphatic rings. The minimum absolute atomic E-state index is 0. The Bertz CT molecular complexity index is 542. The molecule has 4 nitrogen and oxygen atoms in total. The number of anilines is 1. The fourth-order valence-corrected chi connectivity index (χ4v) is 2.49. The summed E-state index contributed by atoms with van der Waals surface area (Å²) in [6.45, 7) is 3.50. The molecule has 22 heavy (non-hydrogen) atoms. The van der Waals surface area contributed by atoms with Gasteiger partial charge in [0.15, 0.2) is 5.58 Å². The Labute approximate surface area is 139 Å². The number of halogens is 1. The topological polar surface area (TPSA) is 64.1 Å². The van der Waals surface area contributed by atoms with Crippen molar-refractivity contribution in [1.82, 2.24) is 4.98 Å². The van der Waals surface area contributed by atoms with Crippen molar-refractivity contribution in [3.63, 3.8) is 0 Å². The van der Waals surface area contributed by atoms with E-state index in [1.165, 1.54) is 44.1 Å². The molecule has 0 saturated carbocycles. The molecule has 0 aliphatic carbocycles. The highest BCUT2D eigenvalue weighted by Crippen LogP contribution is 2.21. The maximum Gasteiger partial charge on any atom is 0.295 e. The average Bonchev–Trinajstić information content (AvgIpc) is 2.90. The lowest BCUT2D eigenvalue weighted by Gasteiger charge is -2.01. The molecule has 0 fully saturated rings. The summed E-state index contributed by atoms with van der Waals surface area (Å²) < 4.78 is 5.62. The van der Waals surface area contributed by atoms with Gasteiger partial charge in [-0.25, -0.2) is 0 Å². The third-order valence-electron chi connectivity index (χ3n) is 3.69. The number of rotatable bonds is 10. The number of oxazole rings is 1. The van der Waals surface area contributed by atoms with Crippen molar-refractivity contribution in [2.24, 2.45) is 5.73 Å². The average molecular weight is 326 g/mol. The van der Waals surface area contributed by atoms with Gasteiger partial charge in [0.25, 0.3) is 6.01 Å². The van der Waals surface area contributed by atoms with E-state index in [0.29, 0.717) is 19.1 Å². The highest BCUT2D eigenvalue weighted by molar-refractivity contribution is 5.85. The van der Waals surface area contributed by atoms with Crippen LogP contribution >= 0.6 is 12.4 Å². The number of aryl methyl sites for hydroxylation is 1. The molecular weight excluding hydrogens is 298 g/mol. The van der Waals surface area contributed by atoms with E-state index in [-0.39, 0.29) is 12.4 Å². The van der Waals surface area contributed by atoms with E-state index >= 15 is 0 Å². The lowest BCUT2D eigenvalue weighted by molar-refractivity contribution is 0.607. The van der Waals surface area contributed by atoms with Crippen molar-refractivity contribution < 1.29 is 4.42 Å². The zero-order valence-corrected chi connectivity index (χ0v) is 14.3. The van der Waals surface area contributed by atoms with Crippen LogP contribution in [0.25, 0.3) is 11.1 Å². The second kappa shape index (κ2) is 10.5. The highest BCUT2D eigenvalue weighted by atomic mass is 35.5. The number of fused-ring (bicyclic) bond motifs is 1.